The lowest BCUT2D eigenvalue weighted by Crippen LogP contribution is -2.45. The number of rotatable bonds is 5. The Hall–Kier alpha value is -2.55. The number of amides is 1. The van der Waals surface area contributed by atoms with Gasteiger partial charge in [0.15, 0.2) is 0 Å². The minimum atomic E-state index is -4.66. The molecule has 5 nitrogen and oxygen atoms in total. The Kier molecular flexibility index (Phi) is 6.08. The van der Waals surface area contributed by atoms with Crippen molar-refractivity contribution in [3.05, 3.63) is 59.2 Å². The molecule has 2 aromatic carbocycles. The molecule has 0 aromatic heterocycles. The highest BCUT2D eigenvalue weighted by Crippen LogP contribution is 2.35. The standard InChI is InChI=1S/C19H21F3N2O3S/c1-12-9-13(2)11-15(10-12)24(28(4,26)27)14(3)18(25)23-17-8-6-5-7-16(17)19(20,21)22/h5-11,14H,1-4H3,(H,23,25)/t14-/m0/s1. The van der Waals surface area contributed by atoms with Crippen molar-refractivity contribution >= 4 is 27.3 Å². The molecule has 9 heteroatoms. The normalized spacial score (nSPS) is 13.1. The van der Waals surface area contributed by atoms with Crippen LogP contribution in [0.25, 0.3) is 0 Å². The predicted octanol–water partition coefficient (Wildman–Crippen LogP) is 4.12. The molecule has 1 atom stereocenters. The van der Waals surface area contributed by atoms with Crippen LogP contribution in [0.5, 0.6) is 0 Å². The first-order chi connectivity index (χ1) is 12.8. The lowest BCUT2D eigenvalue weighted by atomic mass is 10.1. The summed E-state index contributed by atoms with van der Waals surface area (Å²) >= 11 is 0. The molecule has 0 aliphatic carbocycles. The molecule has 0 radical (unpaired) electrons. The second-order valence-electron chi connectivity index (χ2n) is 6.61. The lowest BCUT2D eigenvalue weighted by Gasteiger charge is -2.29. The molecule has 0 unspecified atom stereocenters. The molecule has 0 bridgehead atoms. The molecule has 0 fully saturated rings. The third-order valence-electron chi connectivity index (χ3n) is 4.04. The van der Waals surface area contributed by atoms with Crippen LogP contribution in [0.1, 0.15) is 23.6 Å². The monoisotopic (exact) mass is 414 g/mol. The SMILES string of the molecule is Cc1cc(C)cc(N([C@@H](C)C(=O)Nc2ccccc2C(F)(F)F)S(C)(=O)=O)c1. The van der Waals surface area contributed by atoms with Crippen LogP contribution in [-0.2, 0) is 21.0 Å². The van der Waals surface area contributed by atoms with Crippen molar-refractivity contribution in [1.29, 1.82) is 0 Å². The zero-order chi connectivity index (χ0) is 21.3. The van der Waals surface area contributed by atoms with Crippen LogP contribution in [0.15, 0.2) is 42.5 Å². The van der Waals surface area contributed by atoms with E-state index in [-0.39, 0.29) is 5.69 Å². The summed E-state index contributed by atoms with van der Waals surface area (Å²) < 4.78 is 65.0. The summed E-state index contributed by atoms with van der Waals surface area (Å²) in [6.07, 6.45) is -3.71. The van der Waals surface area contributed by atoms with Gasteiger partial charge in [-0.05, 0) is 56.2 Å². The molecule has 152 valence electrons. The second kappa shape index (κ2) is 7.83. The topological polar surface area (TPSA) is 66.5 Å². The number of alkyl halides is 3. The van der Waals surface area contributed by atoms with Gasteiger partial charge in [-0.15, -0.1) is 0 Å². The Labute approximate surface area is 162 Å². The van der Waals surface area contributed by atoms with Gasteiger partial charge in [-0.2, -0.15) is 13.2 Å². The Balaban J connectivity index is 2.41. The summed E-state index contributed by atoms with van der Waals surface area (Å²) in [6.45, 7) is 4.88. The van der Waals surface area contributed by atoms with E-state index in [4.69, 9.17) is 0 Å². The number of benzene rings is 2. The highest BCUT2D eigenvalue weighted by Gasteiger charge is 2.35. The van der Waals surface area contributed by atoms with E-state index in [0.717, 1.165) is 33.8 Å². The number of halogens is 3. The average Bonchev–Trinajstić information content (AvgIpc) is 2.52. The first kappa shape index (κ1) is 21.7. The molecule has 1 N–H and O–H groups in total. The Morgan fingerprint density at radius 1 is 1.07 bits per heavy atom. The number of hydrogen-bond donors (Lipinski definition) is 1. The molecule has 0 saturated carbocycles. The summed E-state index contributed by atoms with van der Waals surface area (Å²) in [7, 11) is -3.88. The second-order valence-corrected chi connectivity index (χ2v) is 8.47. The molecule has 2 aromatic rings. The molecular weight excluding hydrogens is 393 g/mol. The van der Waals surface area contributed by atoms with E-state index in [1.807, 2.05) is 6.07 Å². The van der Waals surface area contributed by atoms with Gasteiger partial charge in [0.05, 0.1) is 23.2 Å². The van der Waals surface area contributed by atoms with E-state index in [2.05, 4.69) is 5.32 Å². The average molecular weight is 414 g/mol. The van der Waals surface area contributed by atoms with Gasteiger partial charge >= 0.3 is 6.18 Å². The minimum absolute atomic E-state index is 0.270. The number of anilines is 2. The number of carbonyl (C=O) groups is 1. The van der Waals surface area contributed by atoms with Crippen molar-refractivity contribution in [1.82, 2.24) is 0 Å². The Morgan fingerprint density at radius 3 is 2.11 bits per heavy atom. The number of sulfonamides is 1. The Morgan fingerprint density at radius 2 is 1.61 bits per heavy atom. The Bertz CT molecular complexity index is 968. The quantitative estimate of drug-likeness (QED) is 0.801. The summed E-state index contributed by atoms with van der Waals surface area (Å²) in [5, 5.41) is 2.20. The van der Waals surface area contributed by atoms with Gasteiger partial charge in [-0.3, -0.25) is 9.10 Å². The van der Waals surface area contributed by atoms with E-state index < -0.39 is 39.4 Å². The number of para-hydroxylation sites is 1. The lowest BCUT2D eigenvalue weighted by molar-refractivity contribution is -0.137. The van der Waals surface area contributed by atoms with Gasteiger partial charge in [0, 0.05) is 0 Å². The van der Waals surface area contributed by atoms with Gasteiger partial charge in [-0.25, -0.2) is 8.42 Å². The van der Waals surface area contributed by atoms with E-state index in [9.17, 15) is 26.4 Å². The van der Waals surface area contributed by atoms with E-state index in [1.165, 1.54) is 19.1 Å². The molecule has 1 amide bonds. The van der Waals surface area contributed by atoms with Crippen molar-refractivity contribution < 1.29 is 26.4 Å². The number of carbonyl (C=O) groups excluding carboxylic acids is 1. The van der Waals surface area contributed by atoms with Crippen molar-refractivity contribution in [2.75, 3.05) is 15.9 Å². The van der Waals surface area contributed by atoms with Gasteiger partial charge < -0.3 is 5.32 Å². The summed E-state index contributed by atoms with van der Waals surface area (Å²) in [5.74, 6) is -0.874. The first-order valence-corrected chi connectivity index (χ1v) is 10.2. The first-order valence-electron chi connectivity index (χ1n) is 8.35. The van der Waals surface area contributed by atoms with Crippen LogP contribution < -0.4 is 9.62 Å². The van der Waals surface area contributed by atoms with Gasteiger partial charge in [0.25, 0.3) is 0 Å². The highest BCUT2D eigenvalue weighted by atomic mass is 32.2. The summed E-state index contributed by atoms with van der Waals surface area (Å²) in [5.41, 5.74) is 0.415. The largest absolute Gasteiger partial charge is 0.418 e. The van der Waals surface area contributed by atoms with Crippen molar-refractivity contribution in [3.63, 3.8) is 0 Å². The number of nitrogens with one attached hydrogen (secondary N) is 1. The third-order valence-corrected chi connectivity index (χ3v) is 5.28. The van der Waals surface area contributed by atoms with Crippen LogP contribution in [0.4, 0.5) is 24.5 Å². The molecule has 28 heavy (non-hydrogen) atoms. The van der Waals surface area contributed by atoms with Crippen LogP contribution in [-0.4, -0.2) is 26.6 Å². The fourth-order valence-corrected chi connectivity index (χ4v) is 4.12. The van der Waals surface area contributed by atoms with Gasteiger partial charge in [0.1, 0.15) is 6.04 Å². The van der Waals surface area contributed by atoms with Crippen molar-refractivity contribution in [2.45, 2.75) is 33.0 Å². The van der Waals surface area contributed by atoms with E-state index >= 15 is 0 Å². The van der Waals surface area contributed by atoms with Crippen LogP contribution in [0.2, 0.25) is 0 Å². The number of aryl methyl sites for hydroxylation is 2. The minimum Gasteiger partial charge on any atom is -0.324 e. The fourth-order valence-electron chi connectivity index (χ4n) is 2.96. The van der Waals surface area contributed by atoms with Gasteiger partial charge in [-0.1, -0.05) is 18.2 Å². The number of hydrogen-bond acceptors (Lipinski definition) is 3. The maximum Gasteiger partial charge on any atom is 0.418 e. The smallest absolute Gasteiger partial charge is 0.324 e. The third kappa shape index (κ3) is 5.03. The molecule has 0 aliphatic heterocycles. The van der Waals surface area contributed by atoms with E-state index in [0.29, 0.717) is 0 Å². The maximum absolute atomic E-state index is 13.1. The fraction of sp³-hybridized carbons (Fsp3) is 0.316. The molecule has 0 spiro atoms. The van der Waals surface area contributed by atoms with Crippen molar-refractivity contribution in [3.8, 4) is 0 Å². The molecule has 0 heterocycles. The van der Waals surface area contributed by atoms with Gasteiger partial charge in [0.2, 0.25) is 15.9 Å². The molecular formula is C19H21F3N2O3S. The van der Waals surface area contributed by atoms with Crippen LogP contribution in [0.3, 0.4) is 0 Å². The highest BCUT2D eigenvalue weighted by molar-refractivity contribution is 7.92. The molecule has 0 saturated heterocycles. The van der Waals surface area contributed by atoms with Crippen LogP contribution in [0, 0.1) is 13.8 Å². The molecule has 0 aliphatic rings. The summed E-state index contributed by atoms with van der Waals surface area (Å²) in [4.78, 5) is 12.6. The zero-order valence-corrected chi connectivity index (χ0v) is 16.6. The van der Waals surface area contributed by atoms with Crippen LogP contribution >= 0.6 is 0 Å². The van der Waals surface area contributed by atoms with E-state index in [1.54, 1.807) is 26.0 Å². The summed E-state index contributed by atoms with van der Waals surface area (Å²) in [6, 6.07) is 8.30. The zero-order valence-electron chi connectivity index (χ0n) is 15.8. The molecule has 2 rings (SSSR count). The van der Waals surface area contributed by atoms with Crippen molar-refractivity contribution in [2.24, 2.45) is 0 Å². The number of nitrogens with zero attached hydrogens (tertiary/aromatic N) is 1. The maximum atomic E-state index is 13.1. The predicted molar refractivity (Wildman–Crippen MR) is 103 cm³/mol.